The molecule has 0 aliphatic rings. The van der Waals surface area contributed by atoms with E-state index in [0.717, 1.165) is 6.33 Å². The van der Waals surface area contributed by atoms with Crippen LogP contribution in [0.1, 0.15) is 0 Å². The number of aromatic nitrogens is 2. The normalized spacial score (nSPS) is 11.6. The smallest absolute Gasteiger partial charge is 0.264 e. The summed E-state index contributed by atoms with van der Waals surface area (Å²) in [7, 11) is -3.83. The van der Waals surface area contributed by atoms with E-state index in [-0.39, 0.29) is 20.9 Å². The van der Waals surface area contributed by atoms with Crippen LogP contribution >= 0.6 is 66.4 Å². The number of nitrogens with zero attached hydrogens (tertiary/aromatic N) is 2. The fourth-order valence-electron chi connectivity index (χ4n) is 1.13. The zero-order chi connectivity index (χ0) is 14.2. The molecule has 1 N–H and O–H groups in total. The SMILES string of the molecule is O=S(=O)(Nc1c(Cl)ncnc1Cl)c1cc(Br)sc1Br. The third kappa shape index (κ3) is 3.40. The molecule has 0 saturated carbocycles. The summed E-state index contributed by atoms with van der Waals surface area (Å²) in [6, 6.07) is 1.46. The molecule has 5 nitrogen and oxygen atoms in total. The van der Waals surface area contributed by atoms with Crippen molar-refractivity contribution < 1.29 is 8.42 Å². The van der Waals surface area contributed by atoms with Crippen molar-refractivity contribution in [3.05, 3.63) is 30.3 Å². The molecule has 0 spiro atoms. The van der Waals surface area contributed by atoms with Gasteiger partial charge in [-0.1, -0.05) is 23.2 Å². The molecule has 0 aliphatic carbocycles. The van der Waals surface area contributed by atoms with Gasteiger partial charge in [-0.15, -0.1) is 11.3 Å². The standard InChI is InChI=1S/C8H3Br2Cl2N3O2S2/c9-4-1-3(6(10)18-4)19(16,17)15-5-7(11)13-2-14-8(5)12/h1-2,15H. The fraction of sp³-hybridized carbons (Fsp3) is 0. The van der Waals surface area contributed by atoms with Gasteiger partial charge in [-0.05, 0) is 37.9 Å². The Bertz CT molecular complexity index is 715. The molecule has 0 radical (unpaired) electrons. The predicted molar refractivity (Wildman–Crippen MR) is 82.6 cm³/mol. The van der Waals surface area contributed by atoms with E-state index in [0.29, 0.717) is 7.57 Å². The monoisotopic (exact) mass is 465 g/mol. The van der Waals surface area contributed by atoms with Crippen LogP contribution in [0.15, 0.2) is 24.9 Å². The molecule has 0 atom stereocenters. The van der Waals surface area contributed by atoms with Crippen molar-refractivity contribution in [3.8, 4) is 0 Å². The molecule has 0 saturated heterocycles. The molecule has 2 heterocycles. The van der Waals surface area contributed by atoms with Gasteiger partial charge in [-0.3, -0.25) is 4.72 Å². The van der Waals surface area contributed by atoms with Crippen molar-refractivity contribution in [2.75, 3.05) is 4.72 Å². The Morgan fingerprint density at radius 2 is 1.79 bits per heavy atom. The van der Waals surface area contributed by atoms with Gasteiger partial charge in [0.1, 0.15) is 16.9 Å². The largest absolute Gasteiger partial charge is 0.274 e. The Kier molecular flexibility index (Phi) is 4.74. The first-order valence-electron chi connectivity index (χ1n) is 4.45. The Labute approximate surface area is 139 Å². The Balaban J connectivity index is 2.45. The van der Waals surface area contributed by atoms with E-state index < -0.39 is 10.0 Å². The van der Waals surface area contributed by atoms with Crippen LogP contribution in [0.3, 0.4) is 0 Å². The van der Waals surface area contributed by atoms with Gasteiger partial charge in [0.15, 0.2) is 10.3 Å². The zero-order valence-electron chi connectivity index (χ0n) is 8.69. The van der Waals surface area contributed by atoms with Crippen LogP contribution < -0.4 is 4.72 Å². The molecular formula is C8H3Br2Cl2N3O2S2. The third-order valence-corrected chi connectivity index (χ3v) is 6.58. The minimum absolute atomic E-state index is 0.0555. The molecule has 0 unspecified atom stereocenters. The minimum Gasteiger partial charge on any atom is -0.274 e. The van der Waals surface area contributed by atoms with Crippen LogP contribution in [0.4, 0.5) is 5.69 Å². The van der Waals surface area contributed by atoms with Crippen LogP contribution in [0.2, 0.25) is 10.3 Å². The lowest BCUT2D eigenvalue weighted by molar-refractivity contribution is 0.601. The second-order valence-corrected chi connectivity index (χ2v) is 9.24. The number of halogens is 4. The third-order valence-electron chi connectivity index (χ3n) is 1.91. The van der Waals surface area contributed by atoms with Gasteiger partial charge in [0.25, 0.3) is 10.0 Å². The second-order valence-electron chi connectivity index (χ2n) is 3.12. The maximum atomic E-state index is 12.2. The number of rotatable bonds is 3. The molecule has 2 aromatic rings. The molecule has 2 rings (SSSR count). The van der Waals surface area contributed by atoms with Crippen molar-refractivity contribution in [3.63, 3.8) is 0 Å². The van der Waals surface area contributed by atoms with E-state index >= 15 is 0 Å². The van der Waals surface area contributed by atoms with E-state index in [1.54, 1.807) is 0 Å². The predicted octanol–water partition coefficient (Wildman–Crippen LogP) is 4.17. The van der Waals surface area contributed by atoms with E-state index in [2.05, 4.69) is 46.5 Å². The van der Waals surface area contributed by atoms with Crippen molar-refractivity contribution in [1.82, 2.24) is 9.97 Å². The Hall–Kier alpha value is 0.0700. The maximum Gasteiger partial charge on any atom is 0.264 e. The van der Waals surface area contributed by atoms with Gasteiger partial charge >= 0.3 is 0 Å². The molecule has 0 aliphatic heterocycles. The first-order valence-corrected chi connectivity index (χ1v) is 9.09. The van der Waals surface area contributed by atoms with Crippen molar-refractivity contribution >= 4 is 82.1 Å². The van der Waals surface area contributed by atoms with Crippen LogP contribution in [-0.2, 0) is 10.0 Å². The summed E-state index contributed by atoms with van der Waals surface area (Å²) in [5.41, 5.74) is -0.0555. The minimum atomic E-state index is -3.83. The summed E-state index contributed by atoms with van der Waals surface area (Å²) in [6.07, 6.45) is 1.14. The van der Waals surface area contributed by atoms with Gasteiger partial charge < -0.3 is 0 Å². The second kappa shape index (κ2) is 5.82. The van der Waals surface area contributed by atoms with Gasteiger partial charge in [0, 0.05) is 0 Å². The molecule has 19 heavy (non-hydrogen) atoms. The number of nitrogens with one attached hydrogen (secondary N) is 1. The summed E-state index contributed by atoms with van der Waals surface area (Å²) in [5, 5.41) is -0.150. The molecule has 0 amide bonds. The highest BCUT2D eigenvalue weighted by Gasteiger charge is 2.23. The number of hydrogen-bond donors (Lipinski definition) is 1. The van der Waals surface area contributed by atoms with Crippen LogP contribution in [0.25, 0.3) is 0 Å². The highest BCUT2D eigenvalue weighted by atomic mass is 79.9. The van der Waals surface area contributed by atoms with Gasteiger partial charge in [0.2, 0.25) is 0 Å². The zero-order valence-corrected chi connectivity index (χ0v) is 15.0. The first-order chi connectivity index (χ1) is 8.81. The molecule has 0 fully saturated rings. The van der Waals surface area contributed by atoms with Crippen molar-refractivity contribution in [2.45, 2.75) is 4.90 Å². The lowest BCUT2D eigenvalue weighted by atomic mass is 10.6. The number of sulfonamides is 1. The fourth-order valence-corrected chi connectivity index (χ4v) is 6.53. The summed E-state index contributed by atoms with van der Waals surface area (Å²) in [4.78, 5) is 7.41. The average Bonchev–Trinajstić information content (AvgIpc) is 2.64. The Morgan fingerprint density at radius 3 is 2.26 bits per heavy atom. The summed E-state index contributed by atoms with van der Waals surface area (Å²) in [5.74, 6) is 0. The quantitative estimate of drug-likeness (QED) is 0.687. The van der Waals surface area contributed by atoms with Gasteiger partial charge in [-0.25, -0.2) is 18.4 Å². The number of hydrogen-bond acceptors (Lipinski definition) is 5. The van der Waals surface area contributed by atoms with Gasteiger partial charge in [-0.2, -0.15) is 0 Å². The van der Waals surface area contributed by atoms with E-state index in [1.807, 2.05) is 0 Å². The van der Waals surface area contributed by atoms with Crippen molar-refractivity contribution in [2.24, 2.45) is 0 Å². The van der Waals surface area contributed by atoms with Crippen LogP contribution in [0, 0.1) is 0 Å². The molecule has 0 bridgehead atoms. The summed E-state index contributed by atoms with van der Waals surface area (Å²) < 4.78 is 27.8. The maximum absolute atomic E-state index is 12.2. The average molecular weight is 468 g/mol. The molecular weight excluding hydrogens is 465 g/mol. The topological polar surface area (TPSA) is 72.0 Å². The molecule has 2 aromatic heterocycles. The Morgan fingerprint density at radius 1 is 1.21 bits per heavy atom. The van der Waals surface area contributed by atoms with Crippen molar-refractivity contribution in [1.29, 1.82) is 0 Å². The summed E-state index contributed by atoms with van der Waals surface area (Å²) in [6.45, 7) is 0. The van der Waals surface area contributed by atoms with Gasteiger partial charge in [0.05, 0.1) is 7.57 Å². The molecule has 102 valence electrons. The van der Waals surface area contributed by atoms with E-state index in [9.17, 15) is 8.42 Å². The highest BCUT2D eigenvalue weighted by Crippen LogP contribution is 2.36. The van der Waals surface area contributed by atoms with Crippen LogP contribution in [-0.4, -0.2) is 18.4 Å². The lowest BCUT2D eigenvalue weighted by Crippen LogP contribution is -2.14. The lowest BCUT2D eigenvalue weighted by Gasteiger charge is -2.08. The van der Waals surface area contributed by atoms with Crippen LogP contribution in [0.5, 0.6) is 0 Å². The molecule has 11 heteroatoms. The number of thiophene rings is 1. The number of anilines is 1. The summed E-state index contributed by atoms with van der Waals surface area (Å²) >= 11 is 19.2. The van der Waals surface area contributed by atoms with E-state index in [1.165, 1.54) is 17.4 Å². The molecule has 0 aromatic carbocycles. The van der Waals surface area contributed by atoms with E-state index in [4.69, 9.17) is 23.2 Å². The highest BCUT2D eigenvalue weighted by molar-refractivity contribution is 9.12. The first kappa shape index (κ1) is 15.5.